The first-order chi connectivity index (χ1) is 8.76. The van der Waals surface area contributed by atoms with Gasteiger partial charge in [-0.25, -0.2) is 0 Å². The molecule has 0 fully saturated rings. The highest BCUT2D eigenvalue weighted by Crippen LogP contribution is 2.22. The minimum atomic E-state index is 1.02. The summed E-state index contributed by atoms with van der Waals surface area (Å²) in [6, 6.07) is 10.5. The van der Waals surface area contributed by atoms with Gasteiger partial charge in [-0.2, -0.15) is 5.10 Å². The first-order valence-electron chi connectivity index (χ1n) is 6.15. The molecule has 0 spiro atoms. The molecule has 0 aliphatic carbocycles. The molecule has 18 heavy (non-hydrogen) atoms. The predicted octanol–water partition coefficient (Wildman–Crippen LogP) is 3.20. The zero-order chi connectivity index (χ0) is 12.5. The number of fused-ring (bicyclic) bond motifs is 1. The summed E-state index contributed by atoms with van der Waals surface area (Å²) < 4.78 is 1.84. The summed E-state index contributed by atoms with van der Waals surface area (Å²) in [6.45, 7) is 2.16. The largest absolute Gasteiger partial charge is 0.275 e. The molecule has 3 rings (SSSR count). The van der Waals surface area contributed by atoms with Crippen molar-refractivity contribution >= 4 is 10.9 Å². The molecule has 0 saturated heterocycles. The van der Waals surface area contributed by atoms with Gasteiger partial charge in [-0.3, -0.25) is 9.67 Å². The zero-order valence-corrected chi connectivity index (χ0v) is 10.6. The van der Waals surface area contributed by atoms with Crippen LogP contribution in [-0.2, 0) is 13.5 Å². The minimum Gasteiger partial charge on any atom is -0.275 e. The van der Waals surface area contributed by atoms with Crippen LogP contribution in [0, 0.1) is 0 Å². The fourth-order valence-electron chi connectivity index (χ4n) is 2.16. The third-order valence-electron chi connectivity index (χ3n) is 3.15. The van der Waals surface area contributed by atoms with E-state index in [0.29, 0.717) is 0 Å². The van der Waals surface area contributed by atoms with E-state index in [4.69, 9.17) is 0 Å². The summed E-state index contributed by atoms with van der Waals surface area (Å²) in [5.41, 5.74) is 4.50. The Hall–Kier alpha value is -2.16. The van der Waals surface area contributed by atoms with Crippen molar-refractivity contribution in [2.45, 2.75) is 13.3 Å². The number of aromatic nitrogens is 3. The number of hydrogen-bond acceptors (Lipinski definition) is 2. The summed E-state index contributed by atoms with van der Waals surface area (Å²) in [7, 11) is 1.94. The molecule has 2 heterocycles. The van der Waals surface area contributed by atoms with Crippen LogP contribution in [0.15, 0.2) is 42.7 Å². The molecule has 0 unspecified atom stereocenters. The first kappa shape index (κ1) is 11.0. The Morgan fingerprint density at radius 3 is 2.89 bits per heavy atom. The van der Waals surface area contributed by atoms with Crippen molar-refractivity contribution in [1.82, 2.24) is 14.8 Å². The van der Waals surface area contributed by atoms with Crippen molar-refractivity contribution in [2.75, 3.05) is 0 Å². The molecule has 0 radical (unpaired) electrons. The van der Waals surface area contributed by atoms with E-state index >= 15 is 0 Å². The smallest absolute Gasteiger partial charge is 0.0923 e. The molecule has 3 heteroatoms. The van der Waals surface area contributed by atoms with Crippen LogP contribution in [0.4, 0.5) is 0 Å². The van der Waals surface area contributed by atoms with Crippen molar-refractivity contribution in [3.63, 3.8) is 0 Å². The van der Waals surface area contributed by atoms with Crippen molar-refractivity contribution in [3.05, 3.63) is 48.3 Å². The average Bonchev–Trinajstić information content (AvgIpc) is 2.77. The van der Waals surface area contributed by atoms with E-state index in [0.717, 1.165) is 28.6 Å². The van der Waals surface area contributed by atoms with Gasteiger partial charge in [0.15, 0.2) is 0 Å². The second-order valence-electron chi connectivity index (χ2n) is 4.48. The predicted molar refractivity (Wildman–Crippen MR) is 73.3 cm³/mol. The minimum absolute atomic E-state index is 1.02. The Kier molecular flexibility index (Phi) is 2.59. The summed E-state index contributed by atoms with van der Waals surface area (Å²) in [6.07, 6.45) is 4.94. The monoisotopic (exact) mass is 237 g/mol. The molecule has 0 saturated carbocycles. The van der Waals surface area contributed by atoms with Crippen LogP contribution >= 0.6 is 0 Å². The van der Waals surface area contributed by atoms with Crippen molar-refractivity contribution in [2.24, 2.45) is 7.05 Å². The first-order valence-corrected chi connectivity index (χ1v) is 6.15. The molecule has 3 nitrogen and oxygen atoms in total. The van der Waals surface area contributed by atoms with Crippen LogP contribution in [0.25, 0.3) is 22.2 Å². The highest BCUT2D eigenvalue weighted by molar-refractivity contribution is 5.83. The van der Waals surface area contributed by atoms with Crippen molar-refractivity contribution < 1.29 is 0 Å². The number of nitrogens with zero attached hydrogens (tertiary/aromatic N) is 3. The number of benzene rings is 1. The third kappa shape index (κ3) is 1.88. The quantitative estimate of drug-likeness (QED) is 0.685. The Balaban J connectivity index is 2.12. The van der Waals surface area contributed by atoms with E-state index in [1.807, 2.05) is 30.2 Å². The molecule has 0 amide bonds. The lowest BCUT2D eigenvalue weighted by Crippen LogP contribution is -1.86. The third-order valence-corrected chi connectivity index (χ3v) is 3.15. The molecule has 0 aliphatic rings. The summed E-state index contributed by atoms with van der Waals surface area (Å²) in [5.74, 6) is 0. The highest BCUT2D eigenvalue weighted by atomic mass is 15.2. The summed E-state index contributed by atoms with van der Waals surface area (Å²) in [4.78, 5) is 4.44. The van der Waals surface area contributed by atoms with Gasteiger partial charge in [0.25, 0.3) is 0 Å². The molecule has 90 valence electrons. The van der Waals surface area contributed by atoms with Crippen LogP contribution in [-0.4, -0.2) is 14.8 Å². The maximum Gasteiger partial charge on any atom is 0.0923 e. The van der Waals surface area contributed by atoms with Gasteiger partial charge in [0, 0.05) is 30.4 Å². The van der Waals surface area contributed by atoms with E-state index in [9.17, 15) is 0 Å². The molecule has 1 aromatic carbocycles. The van der Waals surface area contributed by atoms with Gasteiger partial charge in [-0.05, 0) is 36.2 Å². The number of rotatable bonds is 2. The van der Waals surface area contributed by atoms with Gasteiger partial charge in [0.05, 0.1) is 11.2 Å². The summed E-state index contributed by atoms with van der Waals surface area (Å²) >= 11 is 0. The number of pyridine rings is 1. The standard InChI is InChI=1S/C15H15N3/c1-3-11-6-7-16-15(8-11)12-4-5-14-13(9-12)10-18(2)17-14/h4-10H,3H2,1-2H3. The molecule has 0 atom stereocenters. The van der Waals surface area contributed by atoms with Gasteiger partial charge in [0.2, 0.25) is 0 Å². The van der Waals surface area contributed by atoms with Gasteiger partial charge in [-0.1, -0.05) is 13.0 Å². The Morgan fingerprint density at radius 1 is 1.17 bits per heavy atom. The fourth-order valence-corrected chi connectivity index (χ4v) is 2.16. The maximum atomic E-state index is 4.44. The number of aryl methyl sites for hydroxylation is 2. The molecule has 0 aliphatic heterocycles. The second kappa shape index (κ2) is 4.26. The lowest BCUT2D eigenvalue weighted by Gasteiger charge is -2.03. The van der Waals surface area contributed by atoms with E-state index in [1.165, 1.54) is 5.56 Å². The van der Waals surface area contributed by atoms with Crippen molar-refractivity contribution in [3.8, 4) is 11.3 Å². The molecule has 2 aromatic heterocycles. The Bertz CT molecular complexity index is 698. The highest BCUT2D eigenvalue weighted by Gasteiger charge is 2.04. The van der Waals surface area contributed by atoms with Gasteiger partial charge in [0.1, 0.15) is 0 Å². The SMILES string of the molecule is CCc1ccnc(-c2ccc3nn(C)cc3c2)c1. The lowest BCUT2D eigenvalue weighted by atomic mass is 10.1. The van der Waals surface area contributed by atoms with Gasteiger partial charge < -0.3 is 0 Å². The van der Waals surface area contributed by atoms with Gasteiger partial charge in [-0.15, -0.1) is 0 Å². The maximum absolute atomic E-state index is 4.44. The van der Waals surface area contributed by atoms with Crippen molar-refractivity contribution in [1.29, 1.82) is 0 Å². The summed E-state index contributed by atoms with van der Waals surface area (Å²) in [5, 5.41) is 5.53. The van der Waals surface area contributed by atoms with E-state index in [-0.39, 0.29) is 0 Å². The molecular formula is C15H15N3. The van der Waals surface area contributed by atoms with E-state index in [1.54, 1.807) is 0 Å². The van der Waals surface area contributed by atoms with Crippen LogP contribution in [0.5, 0.6) is 0 Å². The Labute approximate surface area is 106 Å². The zero-order valence-electron chi connectivity index (χ0n) is 10.6. The number of hydrogen-bond donors (Lipinski definition) is 0. The normalized spacial score (nSPS) is 11.0. The molecular weight excluding hydrogens is 222 g/mol. The van der Waals surface area contributed by atoms with Gasteiger partial charge >= 0.3 is 0 Å². The van der Waals surface area contributed by atoms with Crippen LogP contribution in [0.1, 0.15) is 12.5 Å². The van der Waals surface area contributed by atoms with Crippen LogP contribution in [0.2, 0.25) is 0 Å². The average molecular weight is 237 g/mol. The fraction of sp³-hybridized carbons (Fsp3) is 0.200. The van der Waals surface area contributed by atoms with E-state index in [2.05, 4.69) is 41.3 Å². The Morgan fingerprint density at radius 2 is 2.06 bits per heavy atom. The molecule has 0 N–H and O–H groups in total. The topological polar surface area (TPSA) is 30.7 Å². The lowest BCUT2D eigenvalue weighted by molar-refractivity contribution is 0.780. The second-order valence-corrected chi connectivity index (χ2v) is 4.48. The molecule has 3 aromatic rings. The molecule has 0 bridgehead atoms. The van der Waals surface area contributed by atoms with Crippen LogP contribution in [0.3, 0.4) is 0 Å². The van der Waals surface area contributed by atoms with E-state index < -0.39 is 0 Å². The van der Waals surface area contributed by atoms with Crippen LogP contribution < -0.4 is 0 Å².